The zero-order valence-electron chi connectivity index (χ0n) is 11.8. The van der Waals surface area contributed by atoms with Crippen LogP contribution in [0.1, 0.15) is 27.2 Å². The average molecular weight is 268 g/mol. The maximum atomic E-state index is 13.9. The molecule has 0 radical (unpaired) electrons. The van der Waals surface area contributed by atoms with E-state index in [1.54, 1.807) is 0 Å². The fourth-order valence-corrected chi connectivity index (χ4v) is 2.45. The van der Waals surface area contributed by atoms with Crippen LogP contribution in [0.15, 0.2) is 18.2 Å². The number of nitrogens with zero attached hydrogens (tertiary/aromatic N) is 1. The van der Waals surface area contributed by atoms with Crippen molar-refractivity contribution in [2.45, 2.75) is 33.2 Å². The van der Waals surface area contributed by atoms with E-state index in [0.717, 1.165) is 25.6 Å². The van der Waals surface area contributed by atoms with Crippen LogP contribution >= 0.6 is 0 Å². The molecule has 1 N–H and O–H groups in total. The van der Waals surface area contributed by atoms with Gasteiger partial charge in [0.2, 0.25) is 0 Å². The van der Waals surface area contributed by atoms with Crippen molar-refractivity contribution in [1.82, 2.24) is 5.32 Å². The monoisotopic (exact) mass is 268 g/mol. The second-order valence-electron chi connectivity index (χ2n) is 6.27. The van der Waals surface area contributed by atoms with Gasteiger partial charge in [-0.15, -0.1) is 0 Å². The van der Waals surface area contributed by atoms with E-state index < -0.39 is 0 Å². The van der Waals surface area contributed by atoms with Crippen molar-refractivity contribution in [3.05, 3.63) is 29.8 Å². The molecule has 2 nitrogen and oxygen atoms in total. The van der Waals surface area contributed by atoms with Gasteiger partial charge < -0.3 is 10.2 Å². The topological polar surface area (TPSA) is 15.3 Å². The highest BCUT2D eigenvalue weighted by atomic mass is 19.1. The van der Waals surface area contributed by atoms with Gasteiger partial charge in [0.25, 0.3) is 0 Å². The van der Waals surface area contributed by atoms with Crippen molar-refractivity contribution in [3.8, 4) is 0 Å². The standard InChI is InChI=1S/C15H22F2N2/c1-15(2,3)14-10-19(8-4-7-18-14)13-9-11(16)5-6-12(13)17/h5-6,9,14,18H,4,7-8,10H2,1-3H3. The number of hydrogen-bond donors (Lipinski definition) is 1. The maximum Gasteiger partial charge on any atom is 0.146 e. The number of rotatable bonds is 1. The van der Waals surface area contributed by atoms with E-state index in [1.807, 2.05) is 4.90 Å². The van der Waals surface area contributed by atoms with E-state index in [4.69, 9.17) is 0 Å². The largest absolute Gasteiger partial charge is 0.367 e. The minimum Gasteiger partial charge on any atom is -0.367 e. The van der Waals surface area contributed by atoms with Crippen molar-refractivity contribution >= 4 is 5.69 Å². The first kappa shape index (κ1) is 14.3. The summed E-state index contributed by atoms with van der Waals surface area (Å²) in [6.07, 6.45) is 0.933. The Morgan fingerprint density at radius 1 is 1.26 bits per heavy atom. The summed E-state index contributed by atoms with van der Waals surface area (Å²) in [6.45, 7) is 8.85. The minimum atomic E-state index is -0.388. The third kappa shape index (κ3) is 3.44. The summed E-state index contributed by atoms with van der Waals surface area (Å²) < 4.78 is 27.2. The van der Waals surface area contributed by atoms with Crippen LogP contribution in [0.4, 0.5) is 14.5 Å². The Morgan fingerprint density at radius 3 is 2.68 bits per heavy atom. The summed E-state index contributed by atoms with van der Waals surface area (Å²) in [5.41, 5.74) is 0.463. The predicted molar refractivity (Wildman–Crippen MR) is 74.4 cm³/mol. The Hall–Kier alpha value is -1.16. The lowest BCUT2D eigenvalue weighted by Gasteiger charge is -2.34. The van der Waals surface area contributed by atoms with Crippen LogP contribution in [0.25, 0.3) is 0 Å². The van der Waals surface area contributed by atoms with Gasteiger partial charge in [0, 0.05) is 25.2 Å². The van der Waals surface area contributed by atoms with Gasteiger partial charge in [0.1, 0.15) is 11.6 Å². The molecule has 1 aromatic rings. The molecule has 2 rings (SSSR count). The van der Waals surface area contributed by atoms with E-state index in [-0.39, 0.29) is 23.1 Å². The lowest BCUT2D eigenvalue weighted by Crippen LogP contribution is -2.46. The van der Waals surface area contributed by atoms with Gasteiger partial charge in [-0.05, 0) is 30.5 Å². The summed E-state index contributed by atoms with van der Waals surface area (Å²) >= 11 is 0. The van der Waals surface area contributed by atoms with Gasteiger partial charge in [0.15, 0.2) is 0 Å². The molecule has 0 aliphatic carbocycles. The predicted octanol–water partition coefficient (Wildman–Crippen LogP) is 3.18. The molecular formula is C15H22F2N2. The van der Waals surface area contributed by atoms with E-state index in [2.05, 4.69) is 26.1 Å². The van der Waals surface area contributed by atoms with Crippen LogP contribution in [0, 0.1) is 17.0 Å². The Labute approximate surface area is 113 Å². The van der Waals surface area contributed by atoms with Gasteiger partial charge in [-0.2, -0.15) is 0 Å². The normalized spacial score (nSPS) is 21.3. The molecule has 1 fully saturated rings. The van der Waals surface area contributed by atoms with Crippen LogP contribution in [0.3, 0.4) is 0 Å². The highest BCUT2D eigenvalue weighted by molar-refractivity contribution is 5.48. The third-order valence-electron chi connectivity index (χ3n) is 3.69. The van der Waals surface area contributed by atoms with Crippen molar-refractivity contribution in [2.75, 3.05) is 24.5 Å². The van der Waals surface area contributed by atoms with Gasteiger partial charge >= 0.3 is 0 Å². The molecule has 0 bridgehead atoms. The molecule has 1 saturated heterocycles. The van der Waals surface area contributed by atoms with Gasteiger partial charge in [-0.3, -0.25) is 0 Å². The summed E-state index contributed by atoms with van der Waals surface area (Å²) in [6, 6.07) is 3.92. The summed E-state index contributed by atoms with van der Waals surface area (Å²) in [5, 5.41) is 3.50. The molecule has 1 aliphatic heterocycles. The second kappa shape index (κ2) is 5.45. The summed E-state index contributed by atoms with van der Waals surface area (Å²) in [5.74, 6) is -0.739. The second-order valence-corrected chi connectivity index (χ2v) is 6.27. The molecule has 1 heterocycles. The van der Waals surface area contributed by atoms with E-state index >= 15 is 0 Å². The molecule has 0 spiro atoms. The summed E-state index contributed by atoms with van der Waals surface area (Å²) in [4.78, 5) is 1.95. The fourth-order valence-electron chi connectivity index (χ4n) is 2.45. The fraction of sp³-hybridized carbons (Fsp3) is 0.600. The van der Waals surface area contributed by atoms with Crippen molar-refractivity contribution in [3.63, 3.8) is 0 Å². The van der Waals surface area contributed by atoms with Crippen LogP contribution in [-0.4, -0.2) is 25.7 Å². The highest BCUT2D eigenvalue weighted by Gasteiger charge is 2.29. The first-order valence-corrected chi connectivity index (χ1v) is 6.81. The molecular weight excluding hydrogens is 246 g/mol. The lowest BCUT2D eigenvalue weighted by atomic mass is 9.86. The molecule has 19 heavy (non-hydrogen) atoms. The van der Waals surface area contributed by atoms with Crippen molar-refractivity contribution in [2.24, 2.45) is 5.41 Å². The Morgan fingerprint density at radius 2 is 2.00 bits per heavy atom. The van der Waals surface area contributed by atoms with Crippen LogP contribution in [0.2, 0.25) is 0 Å². The van der Waals surface area contributed by atoms with Crippen LogP contribution in [-0.2, 0) is 0 Å². The molecule has 1 aliphatic rings. The zero-order chi connectivity index (χ0) is 14.0. The third-order valence-corrected chi connectivity index (χ3v) is 3.69. The lowest BCUT2D eigenvalue weighted by molar-refractivity contribution is 0.280. The molecule has 1 unspecified atom stereocenters. The van der Waals surface area contributed by atoms with Crippen molar-refractivity contribution < 1.29 is 8.78 Å². The maximum absolute atomic E-state index is 13.9. The molecule has 1 atom stereocenters. The Kier molecular flexibility index (Phi) is 4.09. The van der Waals surface area contributed by atoms with Gasteiger partial charge in [0.05, 0.1) is 5.69 Å². The smallest absolute Gasteiger partial charge is 0.146 e. The number of benzene rings is 1. The number of halogens is 2. The van der Waals surface area contributed by atoms with E-state index in [9.17, 15) is 8.78 Å². The summed E-state index contributed by atoms with van der Waals surface area (Å²) in [7, 11) is 0. The Balaban J connectivity index is 2.25. The highest BCUT2D eigenvalue weighted by Crippen LogP contribution is 2.26. The molecule has 0 amide bonds. The molecule has 0 aromatic heterocycles. The van der Waals surface area contributed by atoms with Crippen LogP contribution < -0.4 is 10.2 Å². The molecule has 0 saturated carbocycles. The quantitative estimate of drug-likeness (QED) is 0.841. The SMILES string of the molecule is CC(C)(C)C1CN(c2cc(F)ccc2F)CCCN1. The number of nitrogens with one attached hydrogen (secondary N) is 1. The van der Waals surface area contributed by atoms with Gasteiger partial charge in [-0.25, -0.2) is 8.78 Å². The zero-order valence-corrected chi connectivity index (χ0v) is 11.8. The van der Waals surface area contributed by atoms with E-state index in [0.29, 0.717) is 12.2 Å². The Bertz CT molecular complexity index is 440. The molecule has 1 aromatic carbocycles. The average Bonchev–Trinajstić information content (AvgIpc) is 2.57. The molecule has 106 valence electrons. The van der Waals surface area contributed by atoms with Gasteiger partial charge in [-0.1, -0.05) is 20.8 Å². The van der Waals surface area contributed by atoms with Crippen LogP contribution in [0.5, 0.6) is 0 Å². The first-order chi connectivity index (χ1) is 8.88. The number of hydrogen-bond acceptors (Lipinski definition) is 2. The molecule has 4 heteroatoms. The van der Waals surface area contributed by atoms with Crippen molar-refractivity contribution in [1.29, 1.82) is 0 Å². The minimum absolute atomic E-state index is 0.0897. The number of anilines is 1. The van der Waals surface area contributed by atoms with E-state index in [1.165, 1.54) is 12.1 Å². The first-order valence-electron chi connectivity index (χ1n) is 6.81.